The third-order valence-corrected chi connectivity index (χ3v) is 5.06. The molecular weight excluding hydrogens is 397 g/mol. The minimum Gasteiger partial charge on any atom is -0.489 e. The van der Waals surface area contributed by atoms with Crippen LogP contribution < -0.4 is 10.5 Å². The Balaban J connectivity index is 1.65. The standard InChI is InChI=1S/C25H22FNO4/c1-29-24(28)13-20-12-21(26)5-6-23(20)31-15-17-10-19-7-8-30-25(19)22(11-17)18-4-2-3-16(9-18)14-27/h2-12H,13-15,27H2,1H3. The van der Waals surface area contributed by atoms with Crippen LogP contribution in [0.1, 0.15) is 16.7 Å². The number of furan rings is 1. The summed E-state index contributed by atoms with van der Waals surface area (Å²) in [5.41, 5.74) is 10.9. The molecule has 0 aliphatic carbocycles. The largest absolute Gasteiger partial charge is 0.489 e. The maximum Gasteiger partial charge on any atom is 0.310 e. The van der Waals surface area contributed by atoms with E-state index in [2.05, 4.69) is 0 Å². The summed E-state index contributed by atoms with van der Waals surface area (Å²) in [6.45, 7) is 0.690. The number of carbonyl (C=O) groups is 1. The summed E-state index contributed by atoms with van der Waals surface area (Å²) in [5, 5.41) is 0.947. The van der Waals surface area contributed by atoms with Crippen LogP contribution in [-0.2, 0) is 29.1 Å². The van der Waals surface area contributed by atoms with E-state index in [9.17, 15) is 9.18 Å². The predicted molar refractivity (Wildman–Crippen MR) is 116 cm³/mol. The van der Waals surface area contributed by atoms with Gasteiger partial charge in [0.25, 0.3) is 0 Å². The molecule has 0 saturated carbocycles. The second-order valence-corrected chi connectivity index (χ2v) is 7.18. The molecule has 0 unspecified atom stereocenters. The fourth-order valence-electron chi connectivity index (χ4n) is 3.52. The minimum absolute atomic E-state index is 0.0680. The number of carbonyl (C=O) groups excluding carboxylic acids is 1. The fourth-order valence-corrected chi connectivity index (χ4v) is 3.52. The van der Waals surface area contributed by atoms with Crippen molar-refractivity contribution in [3.8, 4) is 16.9 Å². The van der Waals surface area contributed by atoms with Crippen molar-refractivity contribution in [2.75, 3.05) is 7.11 Å². The lowest BCUT2D eigenvalue weighted by molar-refractivity contribution is -0.139. The molecule has 0 fully saturated rings. The van der Waals surface area contributed by atoms with E-state index in [4.69, 9.17) is 19.6 Å². The van der Waals surface area contributed by atoms with Crippen LogP contribution in [0.25, 0.3) is 22.1 Å². The number of fused-ring (bicyclic) bond motifs is 1. The highest BCUT2D eigenvalue weighted by Gasteiger charge is 2.13. The molecular formula is C25H22FNO4. The van der Waals surface area contributed by atoms with Gasteiger partial charge in [0.15, 0.2) is 0 Å². The Morgan fingerprint density at radius 2 is 1.94 bits per heavy atom. The van der Waals surface area contributed by atoms with Crippen LogP contribution in [0.15, 0.2) is 71.3 Å². The SMILES string of the molecule is COC(=O)Cc1cc(F)ccc1OCc1cc(-c2cccc(CN)c2)c2occc2c1. The lowest BCUT2D eigenvalue weighted by atomic mass is 9.99. The van der Waals surface area contributed by atoms with Crippen molar-refractivity contribution in [2.45, 2.75) is 19.6 Å². The van der Waals surface area contributed by atoms with Gasteiger partial charge >= 0.3 is 5.97 Å². The molecule has 158 valence electrons. The summed E-state index contributed by atoms with van der Waals surface area (Å²) < 4.78 is 30.1. The smallest absolute Gasteiger partial charge is 0.310 e. The van der Waals surface area contributed by atoms with Crippen LogP contribution in [0, 0.1) is 5.82 Å². The van der Waals surface area contributed by atoms with E-state index in [0.29, 0.717) is 17.9 Å². The van der Waals surface area contributed by atoms with Crippen molar-refractivity contribution in [3.05, 3.63) is 89.4 Å². The monoisotopic (exact) mass is 419 g/mol. The lowest BCUT2D eigenvalue weighted by Crippen LogP contribution is -2.07. The van der Waals surface area contributed by atoms with Crippen molar-refractivity contribution in [3.63, 3.8) is 0 Å². The first-order chi connectivity index (χ1) is 15.1. The summed E-state index contributed by atoms with van der Waals surface area (Å²) in [4.78, 5) is 11.7. The molecule has 3 aromatic carbocycles. The second kappa shape index (κ2) is 9.02. The van der Waals surface area contributed by atoms with Crippen LogP contribution in [0.2, 0.25) is 0 Å². The third-order valence-electron chi connectivity index (χ3n) is 5.06. The van der Waals surface area contributed by atoms with Gasteiger partial charge in [0.05, 0.1) is 19.8 Å². The molecule has 31 heavy (non-hydrogen) atoms. The van der Waals surface area contributed by atoms with Gasteiger partial charge in [0.1, 0.15) is 23.8 Å². The van der Waals surface area contributed by atoms with Crippen LogP contribution in [-0.4, -0.2) is 13.1 Å². The van der Waals surface area contributed by atoms with Gasteiger partial charge < -0.3 is 19.6 Å². The molecule has 0 amide bonds. The first-order valence-corrected chi connectivity index (χ1v) is 9.85. The van der Waals surface area contributed by atoms with Crippen LogP contribution in [0.3, 0.4) is 0 Å². The number of methoxy groups -OCH3 is 1. The van der Waals surface area contributed by atoms with Crippen molar-refractivity contribution in [1.29, 1.82) is 0 Å². The van der Waals surface area contributed by atoms with Gasteiger partial charge in [0.2, 0.25) is 0 Å². The first-order valence-electron chi connectivity index (χ1n) is 9.85. The zero-order chi connectivity index (χ0) is 21.8. The fraction of sp³-hybridized carbons (Fsp3) is 0.160. The highest BCUT2D eigenvalue weighted by molar-refractivity contribution is 5.93. The van der Waals surface area contributed by atoms with E-state index in [1.807, 2.05) is 42.5 Å². The van der Waals surface area contributed by atoms with E-state index in [1.165, 1.54) is 25.3 Å². The number of ether oxygens (including phenoxy) is 2. The number of hydrogen-bond donors (Lipinski definition) is 1. The van der Waals surface area contributed by atoms with E-state index >= 15 is 0 Å². The van der Waals surface area contributed by atoms with Gasteiger partial charge in [-0.25, -0.2) is 4.39 Å². The number of hydrogen-bond acceptors (Lipinski definition) is 5. The van der Waals surface area contributed by atoms with Crippen LogP contribution >= 0.6 is 0 Å². The zero-order valence-electron chi connectivity index (χ0n) is 17.1. The average Bonchev–Trinajstić information content (AvgIpc) is 3.26. The molecule has 0 aliphatic heterocycles. The molecule has 0 bridgehead atoms. The van der Waals surface area contributed by atoms with Gasteiger partial charge in [-0.05, 0) is 59.2 Å². The highest BCUT2D eigenvalue weighted by Crippen LogP contribution is 2.32. The number of esters is 1. The molecule has 0 atom stereocenters. The summed E-state index contributed by atoms with van der Waals surface area (Å²) in [6.07, 6.45) is 1.58. The van der Waals surface area contributed by atoms with Crippen molar-refractivity contribution in [2.24, 2.45) is 5.73 Å². The van der Waals surface area contributed by atoms with Gasteiger partial charge in [0, 0.05) is 23.1 Å². The molecule has 4 aromatic rings. The Hall–Kier alpha value is -3.64. The average molecular weight is 419 g/mol. The molecule has 0 spiro atoms. The van der Waals surface area contributed by atoms with Gasteiger partial charge in [-0.2, -0.15) is 0 Å². The Morgan fingerprint density at radius 1 is 1.06 bits per heavy atom. The Bertz CT molecular complexity index is 1230. The molecule has 0 saturated heterocycles. The van der Waals surface area contributed by atoms with Crippen molar-refractivity contribution < 1.29 is 23.1 Å². The van der Waals surface area contributed by atoms with Crippen LogP contribution in [0.5, 0.6) is 5.75 Å². The Labute approximate surface area is 179 Å². The normalized spacial score (nSPS) is 10.9. The lowest BCUT2D eigenvalue weighted by Gasteiger charge is -2.13. The van der Waals surface area contributed by atoms with E-state index < -0.39 is 11.8 Å². The molecule has 4 rings (SSSR count). The summed E-state index contributed by atoms with van der Waals surface area (Å²) >= 11 is 0. The molecule has 0 radical (unpaired) electrons. The molecule has 5 nitrogen and oxygen atoms in total. The molecule has 0 aliphatic rings. The van der Waals surface area contributed by atoms with Gasteiger partial charge in [-0.15, -0.1) is 0 Å². The number of rotatable bonds is 7. The minimum atomic E-state index is -0.461. The van der Waals surface area contributed by atoms with Crippen molar-refractivity contribution in [1.82, 2.24) is 0 Å². The van der Waals surface area contributed by atoms with Crippen molar-refractivity contribution >= 4 is 16.9 Å². The summed E-state index contributed by atoms with van der Waals surface area (Å²) in [7, 11) is 1.30. The molecule has 2 N–H and O–H groups in total. The molecule has 1 heterocycles. The van der Waals surface area contributed by atoms with Gasteiger partial charge in [-0.3, -0.25) is 4.79 Å². The quantitative estimate of drug-likeness (QED) is 0.427. The zero-order valence-corrected chi connectivity index (χ0v) is 17.1. The van der Waals surface area contributed by atoms with Crippen LogP contribution in [0.4, 0.5) is 4.39 Å². The van der Waals surface area contributed by atoms with E-state index in [1.54, 1.807) is 6.26 Å². The maximum atomic E-state index is 13.7. The van der Waals surface area contributed by atoms with E-state index in [-0.39, 0.29) is 13.0 Å². The highest BCUT2D eigenvalue weighted by atomic mass is 19.1. The second-order valence-electron chi connectivity index (χ2n) is 7.18. The predicted octanol–water partition coefficient (Wildman–Crippen LogP) is 4.99. The summed E-state index contributed by atoms with van der Waals surface area (Å²) in [6, 6.07) is 18.0. The van der Waals surface area contributed by atoms with Gasteiger partial charge in [-0.1, -0.05) is 18.2 Å². The Morgan fingerprint density at radius 3 is 2.74 bits per heavy atom. The molecule has 6 heteroatoms. The topological polar surface area (TPSA) is 74.7 Å². The Kier molecular flexibility index (Phi) is 6.00. The molecule has 1 aromatic heterocycles. The number of halogens is 1. The maximum absolute atomic E-state index is 13.7. The number of benzene rings is 3. The summed E-state index contributed by atoms with van der Waals surface area (Å²) in [5.74, 6) is -0.462. The number of nitrogens with two attached hydrogens (primary N) is 1. The third kappa shape index (κ3) is 4.59. The first kappa shape index (κ1) is 20.6. The van der Waals surface area contributed by atoms with E-state index in [0.717, 1.165) is 33.2 Å².